The first-order chi connectivity index (χ1) is 31.5. The highest BCUT2D eigenvalue weighted by molar-refractivity contribution is 5.71. The second kappa shape index (κ2) is 52.2. The van der Waals surface area contributed by atoms with Gasteiger partial charge in [0.15, 0.2) is 6.10 Å². The molecule has 0 amide bonds. The van der Waals surface area contributed by atoms with Crippen molar-refractivity contribution >= 4 is 17.9 Å². The molecule has 1 atom stereocenters. The van der Waals surface area contributed by atoms with Crippen LogP contribution in [0.15, 0.2) is 85.1 Å². The molecule has 0 aromatic carbocycles. The molecule has 0 radical (unpaired) electrons. The molecule has 1 unspecified atom stereocenters. The Balaban J connectivity index is 4.44. The zero-order valence-electron chi connectivity index (χ0n) is 41.8. The molecule has 0 aliphatic carbocycles. The summed E-state index contributed by atoms with van der Waals surface area (Å²) in [6.07, 6.45) is 67.2. The summed E-state index contributed by atoms with van der Waals surface area (Å²) in [5, 5.41) is 0. The minimum Gasteiger partial charge on any atom is -0.462 e. The lowest BCUT2D eigenvalue weighted by atomic mass is 10.0. The van der Waals surface area contributed by atoms with Crippen molar-refractivity contribution < 1.29 is 28.6 Å². The average molecular weight is 891 g/mol. The lowest BCUT2D eigenvalue weighted by Gasteiger charge is -2.18. The number of hydrogen-bond donors (Lipinski definition) is 0. The van der Waals surface area contributed by atoms with Crippen LogP contribution in [0.25, 0.3) is 0 Å². The number of carbonyl (C=O) groups excluding carboxylic acids is 3. The molecule has 0 spiro atoms. The zero-order valence-corrected chi connectivity index (χ0v) is 41.8. The van der Waals surface area contributed by atoms with Crippen LogP contribution in [0, 0.1) is 0 Å². The number of ether oxygens (including phenoxy) is 3. The topological polar surface area (TPSA) is 78.9 Å². The maximum absolute atomic E-state index is 12.8. The van der Waals surface area contributed by atoms with E-state index >= 15 is 0 Å². The van der Waals surface area contributed by atoms with Crippen LogP contribution in [0.2, 0.25) is 0 Å². The molecule has 0 aliphatic rings. The third-order valence-electron chi connectivity index (χ3n) is 11.1. The fraction of sp³-hybridized carbons (Fsp3) is 0.707. The molecule has 0 aliphatic heterocycles. The second-order valence-corrected chi connectivity index (χ2v) is 17.4. The van der Waals surface area contributed by atoms with E-state index in [1.54, 1.807) is 0 Å². The Morgan fingerprint density at radius 2 is 0.609 bits per heavy atom. The van der Waals surface area contributed by atoms with Crippen LogP contribution in [0.3, 0.4) is 0 Å². The molecule has 6 heteroatoms. The molecule has 0 bridgehead atoms. The smallest absolute Gasteiger partial charge is 0.306 e. The van der Waals surface area contributed by atoms with Crippen molar-refractivity contribution in [3.05, 3.63) is 85.1 Å². The van der Waals surface area contributed by atoms with Gasteiger partial charge in [-0.15, -0.1) is 0 Å². The van der Waals surface area contributed by atoms with Crippen LogP contribution in [0.5, 0.6) is 0 Å². The van der Waals surface area contributed by atoms with Crippen molar-refractivity contribution in [1.82, 2.24) is 0 Å². The van der Waals surface area contributed by atoms with Gasteiger partial charge in [0, 0.05) is 19.3 Å². The summed E-state index contributed by atoms with van der Waals surface area (Å²) in [5.74, 6) is -0.972. The van der Waals surface area contributed by atoms with Gasteiger partial charge in [0.2, 0.25) is 0 Å². The standard InChI is InChI=1S/C58H98O6/c1-4-7-10-13-16-19-22-25-27-28-29-31-33-36-39-42-45-48-51-57(60)63-54-55(53-62-56(59)50-47-44-41-38-35-32-24-21-18-15-12-9-6-3)64-58(61)52-49-46-43-40-37-34-30-26-23-20-17-14-11-8-5-2/h8-9,11-12,17-18,20-21,26,30,32,35,37,40,55H,4-7,10,13-16,19,22-25,27-29,31,33-34,36,38-39,41-54H2,1-3H3/b11-8-,12-9-,20-17-,21-18-,30-26-,35-32-,40-37-. The molecule has 0 aromatic rings. The van der Waals surface area contributed by atoms with Gasteiger partial charge >= 0.3 is 17.9 Å². The predicted molar refractivity (Wildman–Crippen MR) is 274 cm³/mol. The molecule has 366 valence electrons. The summed E-state index contributed by atoms with van der Waals surface area (Å²) in [6, 6.07) is 0. The third-order valence-corrected chi connectivity index (χ3v) is 11.1. The summed E-state index contributed by atoms with van der Waals surface area (Å²) in [4.78, 5) is 38.0. The number of allylic oxidation sites excluding steroid dienone is 14. The van der Waals surface area contributed by atoms with Crippen LogP contribution in [-0.4, -0.2) is 37.2 Å². The van der Waals surface area contributed by atoms with Crippen LogP contribution >= 0.6 is 0 Å². The highest BCUT2D eigenvalue weighted by Crippen LogP contribution is 2.15. The molecule has 0 heterocycles. The molecule has 0 rings (SSSR count). The van der Waals surface area contributed by atoms with E-state index in [1.165, 1.54) is 96.3 Å². The average Bonchev–Trinajstić information content (AvgIpc) is 3.29. The van der Waals surface area contributed by atoms with Crippen molar-refractivity contribution in [2.24, 2.45) is 0 Å². The van der Waals surface area contributed by atoms with E-state index < -0.39 is 6.10 Å². The van der Waals surface area contributed by atoms with E-state index in [9.17, 15) is 14.4 Å². The first kappa shape index (κ1) is 60.6. The molecular formula is C58H98O6. The quantitative estimate of drug-likeness (QED) is 0.0262. The van der Waals surface area contributed by atoms with E-state index in [2.05, 4.69) is 106 Å². The summed E-state index contributed by atoms with van der Waals surface area (Å²) < 4.78 is 16.8. The predicted octanol–water partition coefficient (Wildman–Crippen LogP) is 17.6. The van der Waals surface area contributed by atoms with E-state index in [-0.39, 0.29) is 37.5 Å². The highest BCUT2D eigenvalue weighted by Gasteiger charge is 2.19. The SMILES string of the molecule is CC/C=C\C/C=C\C/C=C\C/C=C\CCCCC(=O)OC(COC(=O)CCCCC/C=C\C/C=C\C/C=C\CC)COC(=O)CCCCCCCCCCCCCCCCCCCC. The molecule has 0 fully saturated rings. The van der Waals surface area contributed by atoms with Gasteiger partial charge in [0.05, 0.1) is 0 Å². The number of esters is 3. The Bertz CT molecular complexity index is 1250. The minimum absolute atomic E-state index is 0.101. The Morgan fingerprint density at radius 3 is 0.984 bits per heavy atom. The Morgan fingerprint density at radius 1 is 0.328 bits per heavy atom. The van der Waals surface area contributed by atoms with Crippen LogP contribution in [-0.2, 0) is 28.6 Å². The lowest BCUT2D eigenvalue weighted by molar-refractivity contribution is -0.167. The first-order valence-corrected chi connectivity index (χ1v) is 26.6. The molecule has 0 N–H and O–H groups in total. The maximum Gasteiger partial charge on any atom is 0.306 e. The summed E-state index contributed by atoms with van der Waals surface area (Å²) in [7, 11) is 0. The molecular weight excluding hydrogens is 793 g/mol. The van der Waals surface area contributed by atoms with Crippen molar-refractivity contribution in [2.75, 3.05) is 13.2 Å². The van der Waals surface area contributed by atoms with Crippen LogP contribution < -0.4 is 0 Å². The number of rotatable bonds is 47. The fourth-order valence-electron chi connectivity index (χ4n) is 7.21. The van der Waals surface area contributed by atoms with Gasteiger partial charge in [-0.3, -0.25) is 14.4 Å². The zero-order chi connectivity index (χ0) is 46.5. The highest BCUT2D eigenvalue weighted by atomic mass is 16.6. The Hall–Kier alpha value is -3.41. The van der Waals surface area contributed by atoms with Crippen molar-refractivity contribution in [1.29, 1.82) is 0 Å². The monoisotopic (exact) mass is 891 g/mol. The number of unbranched alkanes of at least 4 members (excludes halogenated alkanes) is 22. The van der Waals surface area contributed by atoms with Gasteiger partial charge in [-0.05, 0) is 89.9 Å². The largest absolute Gasteiger partial charge is 0.462 e. The lowest BCUT2D eigenvalue weighted by Crippen LogP contribution is -2.30. The Kier molecular flexibility index (Phi) is 49.4. The van der Waals surface area contributed by atoms with Gasteiger partial charge in [0.1, 0.15) is 13.2 Å². The van der Waals surface area contributed by atoms with Crippen LogP contribution in [0.1, 0.15) is 245 Å². The van der Waals surface area contributed by atoms with Gasteiger partial charge in [-0.2, -0.15) is 0 Å². The second-order valence-electron chi connectivity index (χ2n) is 17.4. The van der Waals surface area contributed by atoms with E-state index in [0.29, 0.717) is 19.3 Å². The Labute approximate surface area is 395 Å². The molecule has 0 aromatic heterocycles. The van der Waals surface area contributed by atoms with Crippen molar-refractivity contribution in [2.45, 2.75) is 252 Å². The minimum atomic E-state index is -0.808. The van der Waals surface area contributed by atoms with Crippen molar-refractivity contribution in [3.63, 3.8) is 0 Å². The van der Waals surface area contributed by atoms with Gasteiger partial charge in [0.25, 0.3) is 0 Å². The van der Waals surface area contributed by atoms with E-state index in [1.807, 2.05) is 0 Å². The summed E-state index contributed by atoms with van der Waals surface area (Å²) in [5.41, 5.74) is 0. The van der Waals surface area contributed by atoms with Crippen molar-refractivity contribution in [3.8, 4) is 0 Å². The van der Waals surface area contributed by atoms with Crippen LogP contribution in [0.4, 0.5) is 0 Å². The summed E-state index contributed by atoms with van der Waals surface area (Å²) >= 11 is 0. The van der Waals surface area contributed by atoms with Gasteiger partial charge in [-0.25, -0.2) is 0 Å². The molecule has 0 saturated heterocycles. The normalized spacial score (nSPS) is 12.7. The summed E-state index contributed by atoms with van der Waals surface area (Å²) in [6.45, 7) is 6.36. The van der Waals surface area contributed by atoms with Gasteiger partial charge < -0.3 is 14.2 Å². The van der Waals surface area contributed by atoms with E-state index in [4.69, 9.17) is 14.2 Å². The molecule has 0 saturated carbocycles. The number of carbonyl (C=O) groups is 3. The third kappa shape index (κ3) is 49.6. The maximum atomic E-state index is 12.8. The fourth-order valence-corrected chi connectivity index (χ4v) is 7.21. The van der Waals surface area contributed by atoms with Gasteiger partial charge in [-0.1, -0.05) is 221 Å². The number of hydrogen-bond acceptors (Lipinski definition) is 6. The van der Waals surface area contributed by atoms with E-state index in [0.717, 1.165) is 103 Å². The first-order valence-electron chi connectivity index (χ1n) is 26.6. The molecule has 64 heavy (non-hydrogen) atoms. The molecule has 6 nitrogen and oxygen atoms in total.